The van der Waals surface area contributed by atoms with Gasteiger partial charge in [-0.15, -0.1) is 0 Å². The molecule has 4 nitrogen and oxygen atoms in total. The Hall–Kier alpha value is -1.29. The molecule has 0 amide bonds. The fourth-order valence-corrected chi connectivity index (χ4v) is 2.24. The number of nitrogens with zero attached hydrogens (tertiary/aromatic N) is 1. The standard InChI is InChI=1S/C13H21NO3/c1-8(2)12(7-17-5)14-9(3)6-11(10(14)4)13(15)16/h6,8,12H,7H2,1-5H3,(H,15,16). The van der Waals surface area contributed by atoms with E-state index < -0.39 is 5.97 Å². The van der Waals surface area contributed by atoms with Crippen molar-refractivity contribution in [3.05, 3.63) is 23.0 Å². The number of aryl methyl sites for hydroxylation is 1. The zero-order valence-corrected chi connectivity index (χ0v) is 11.2. The van der Waals surface area contributed by atoms with Gasteiger partial charge in [0, 0.05) is 18.5 Å². The van der Waals surface area contributed by atoms with E-state index in [2.05, 4.69) is 18.4 Å². The van der Waals surface area contributed by atoms with Gasteiger partial charge in [-0.3, -0.25) is 0 Å². The first-order valence-corrected chi connectivity index (χ1v) is 5.80. The van der Waals surface area contributed by atoms with Crippen molar-refractivity contribution in [2.75, 3.05) is 13.7 Å². The summed E-state index contributed by atoms with van der Waals surface area (Å²) in [6.45, 7) is 8.60. The fraction of sp³-hybridized carbons (Fsp3) is 0.615. The first kappa shape index (κ1) is 13.8. The van der Waals surface area contributed by atoms with E-state index in [1.165, 1.54) is 0 Å². The smallest absolute Gasteiger partial charge is 0.337 e. The molecule has 0 saturated carbocycles. The van der Waals surface area contributed by atoms with E-state index in [-0.39, 0.29) is 6.04 Å². The van der Waals surface area contributed by atoms with Gasteiger partial charge in [0.25, 0.3) is 0 Å². The Morgan fingerprint density at radius 1 is 1.47 bits per heavy atom. The van der Waals surface area contributed by atoms with E-state index in [1.807, 2.05) is 13.8 Å². The second-order valence-corrected chi connectivity index (χ2v) is 4.73. The zero-order valence-electron chi connectivity index (χ0n) is 11.2. The minimum atomic E-state index is -0.871. The van der Waals surface area contributed by atoms with Crippen LogP contribution in [0.25, 0.3) is 0 Å². The highest BCUT2D eigenvalue weighted by Gasteiger charge is 2.22. The quantitative estimate of drug-likeness (QED) is 0.859. The zero-order chi connectivity index (χ0) is 13.2. The summed E-state index contributed by atoms with van der Waals surface area (Å²) in [4.78, 5) is 11.1. The Bertz CT molecular complexity index is 407. The van der Waals surface area contributed by atoms with Crippen molar-refractivity contribution in [2.24, 2.45) is 5.92 Å². The second-order valence-electron chi connectivity index (χ2n) is 4.73. The number of hydrogen-bond acceptors (Lipinski definition) is 2. The Balaban J connectivity index is 3.23. The average molecular weight is 239 g/mol. The molecule has 0 spiro atoms. The van der Waals surface area contributed by atoms with Crippen molar-refractivity contribution >= 4 is 5.97 Å². The lowest BCUT2D eigenvalue weighted by Crippen LogP contribution is -2.22. The number of carboxylic acids is 1. The summed E-state index contributed by atoms with van der Waals surface area (Å²) < 4.78 is 7.30. The highest BCUT2D eigenvalue weighted by atomic mass is 16.5. The predicted octanol–water partition coefficient (Wildman–Crippen LogP) is 2.65. The molecule has 0 aliphatic carbocycles. The maximum atomic E-state index is 11.1. The van der Waals surface area contributed by atoms with Crippen molar-refractivity contribution < 1.29 is 14.6 Å². The monoisotopic (exact) mass is 239 g/mol. The number of ether oxygens (including phenoxy) is 1. The normalized spacial score (nSPS) is 13.1. The molecule has 4 heteroatoms. The molecule has 0 aliphatic heterocycles. The Morgan fingerprint density at radius 2 is 2.06 bits per heavy atom. The van der Waals surface area contributed by atoms with E-state index in [0.29, 0.717) is 18.1 Å². The van der Waals surface area contributed by atoms with Crippen LogP contribution in [0.5, 0.6) is 0 Å². The van der Waals surface area contributed by atoms with Crippen LogP contribution in [-0.2, 0) is 4.74 Å². The minimum Gasteiger partial charge on any atom is -0.478 e. The molecule has 1 heterocycles. The molecule has 0 aliphatic rings. The molecular weight excluding hydrogens is 218 g/mol. The largest absolute Gasteiger partial charge is 0.478 e. The molecule has 1 unspecified atom stereocenters. The topological polar surface area (TPSA) is 51.5 Å². The van der Waals surface area contributed by atoms with Crippen LogP contribution in [0.15, 0.2) is 6.07 Å². The van der Waals surface area contributed by atoms with Gasteiger partial charge in [-0.1, -0.05) is 13.8 Å². The summed E-state index contributed by atoms with van der Waals surface area (Å²) in [5, 5.41) is 9.11. The van der Waals surface area contributed by atoms with Gasteiger partial charge in [0.1, 0.15) is 0 Å². The molecule has 1 aromatic rings. The first-order chi connectivity index (χ1) is 7.90. The summed E-state index contributed by atoms with van der Waals surface area (Å²) in [7, 11) is 1.67. The van der Waals surface area contributed by atoms with Gasteiger partial charge in [0.2, 0.25) is 0 Å². The number of aromatic carboxylic acids is 1. The van der Waals surface area contributed by atoms with Gasteiger partial charge in [-0.2, -0.15) is 0 Å². The van der Waals surface area contributed by atoms with Gasteiger partial charge in [0.15, 0.2) is 0 Å². The molecule has 0 bridgehead atoms. The summed E-state index contributed by atoms with van der Waals surface area (Å²) in [5.74, 6) is -0.481. The highest BCUT2D eigenvalue weighted by molar-refractivity contribution is 5.89. The lowest BCUT2D eigenvalue weighted by Gasteiger charge is -2.25. The van der Waals surface area contributed by atoms with Crippen LogP contribution in [0.1, 0.15) is 41.6 Å². The molecule has 1 atom stereocenters. The van der Waals surface area contributed by atoms with Crippen molar-refractivity contribution in [3.8, 4) is 0 Å². The number of hydrogen-bond donors (Lipinski definition) is 1. The Labute approximate surface area is 102 Å². The highest BCUT2D eigenvalue weighted by Crippen LogP contribution is 2.26. The van der Waals surface area contributed by atoms with Crippen LogP contribution < -0.4 is 0 Å². The van der Waals surface area contributed by atoms with Crippen molar-refractivity contribution in [3.63, 3.8) is 0 Å². The maximum Gasteiger partial charge on any atom is 0.337 e. The summed E-state index contributed by atoms with van der Waals surface area (Å²) in [6, 6.07) is 1.90. The molecule has 1 rings (SSSR count). The van der Waals surface area contributed by atoms with E-state index in [9.17, 15) is 4.79 Å². The number of methoxy groups -OCH3 is 1. The van der Waals surface area contributed by atoms with Gasteiger partial charge < -0.3 is 14.4 Å². The molecule has 0 aromatic carbocycles. The van der Waals surface area contributed by atoms with Crippen LogP contribution in [-0.4, -0.2) is 29.4 Å². The van der Waals surface area contributed by atoms with E-state index in [4.69, 9.17) is 9.84 Å². The van der Waals surface area contributed by atoms with Crippen molar-refractivity contribution in [1.82, 2.24) is 4.57 Å². The minimum absolute atomic E-state index is 0.174. The lowest BCUT2D eigenvalue weighted by atomic mass is 10.0. The number of carbonyl (C=O) groups is 1. The Kier molecular flexibility index (Phi) is 4.34. The SMILES string of the molecule is COCC(C(C)C)n1c(C)cc(C(=O)O)c1C. The third-order valence-corrected chi connectivity index (χ3v) is 3.15. The van der Waals surface area contributed by atoms with Gasteiger partial charge >= 0.3 is 5.97 Å². The van der Waals surface area contributed by atoms with E-state index >= 15 is 0 Å². The number of rotatable bonds is 5. The fourth-order valence-electron chi connectivity index (χ4n) is 2.24. The Morgan fingerprint density at radius 3 is 2.41 bits per heavy atom. The molecule has 0 saturated heterocycles. The third kappa shape index (κ3) is 2.69. The lowest BCUT2D eigenvalue weighted by molar-refractivity contribution is 0.0695. The van der Waals surface area contributed by atoms with Crippen LogP contribution >= 0.6 is 0 Å². The molecular formula is C13H21NO3. The van der Waals surface area contributed by atoms with E-state index in [0.717, 1.165) is 11.4 Å². The average Bonchev–Trinajstić information content (AvgIpc) is 2.51. The molecule has 0 radical (unpaired) electrons. The molecule has 1 aromatic heterocycles. The summed E-state index contributed by atoms with van der Waals surface area (Å²) in [6.07, 6.45) is 0. The summed E-state index contributed by atoms with van der Waals surface area (Å²) >= 11 is 0. The second kappa shape index (κ2) is 5.36. The van der Waals surface area contributed by atoms with Crippen LogP contribution in [0.3, 0.4) is 0 Å². The molecule has 0 fully saturated rings. The third-order valence-electron chi connectivity index (χ3n) is 3.15. The van der Waals surface area contributed by atoms with Gasteiger partial charge in [0.05, 0.1) is 18.2 Å². The van der Waals surface area contributed by atoms with Crippen molar-refractivity contribution in [1.29, 1.82) is 0 Å². The predicted molar refractivity (Wildman–Crippen MR) is 66.6 cm³/mol. The molecule has 96 valence electrons. The first-order valence-electron chi connectivity index (χ1n) is 5.80. The van der Waals surface area contributed by atoms with Crippen LogP contribution in [0.4, 0.5) is 0 Å². The van der Waals surface area contributed by atoms with Gasteiger partial charge in [-0.25, -0.2) is 4.79 Å². The number of carboxylic acid groups (broad SMARTS) is 1. The van der Waals surface area contributed by atoms with Crippen LogP contribution in [0, 0.1) is 19.8 Å². The molecule has 17 heavy (non-hydrogen) atoms. The van der Waals surface area contributed by atoms with E-state index in [1.54, 1.807) is 13.2 Å². The number of aromatic nitrogens is 1. The van der Waals surface area contributed by atoms with Gasteiger partial charge in [-0.05, 0) is 25.8 Å². The van der Waals surface area contributed by atoms with Crippen molar-refractivity contribution in [2.45, 2.75) is 33.7 Å². The molecule has 1 N–H and O–H groups in total. The maximum absolute atomic E-state index is 11.1. The summed E-state index contributed by atoms with van der Waals surface area (Å²) in [5.41, 5.74) is 2.14. The van der Waals surface area contributed by atoms with Crippen LogP contribution in [0.2, 0.25) is 0 Å².